The van der Waals surface area contributed by atoms with Gasteiger partial charge in [-0.05, 0) is 18.1 Å². The second kappa shape index (κ2) is 6.43. The minimum atomic E-state index is 0.741. The minimum absolute atomic E-state index is 0.741. The van der Waals surface area contributed by atoms with Crippen LogP contribution >= 0.6 is 11.3 Å². The molecule has 0 bridgehead atoms. The zero-order chi connectivity index (χ0) is 13.7. The highest BCUT2D eigenvalue weighted by atomic mass is 32.1. The second-order valence-electron chi connectivity index (χ2n) is 4.39. The number of aromatic nitrogens is 2. The summed E-state index contributed by atoms with van der Waals surface area (Å²) < 4.78 is 0. The number of nitrogens with zero attached hydrogens (tertiary/aromatic N) is 3. The Bertz CT molecular complexity index is 539. The molecule has 0 radical (unpaired) electrons. The summed E-state index contributed by atoms with van der Waals surface area (Å²) in [7, 11) is 1.98. The molecular weight excluding hydrogens is 258 g/mol. The average Bonchev–Trinajstić information content (AvgIpc) is 2.83. The fraction of sp³-hybridized carbons (Fsp3) is 0.357. The fourth-order valence-electron chi connectivity index (χ4n) is 1.86. The Kier molecular flexibility index (Phi) is 4.63. The summed E-state index contributed by atoms with van der Waals surface area (Å²) in [5, 5.41) is 0.884. The lowest BCUT2D eigenvalue weighted by Crippen LogP contribution is -2.16. The van der Waals surface area contributed by atoms with Crippen molar-refractivity contribution in [2.45, 2.75) is 26.3 Å². The van der Waals surface area contributed by atoms with Crippen molar-refractivity contribution < 1.29 is 4.79 Å². The number of carbonyl (C=O) groups excluding carboxylic acids is 1. The summed E-state index contributed by atoms with van der Waals surface area (Å²) in [6.07, 6.45) is 6.36. The van der Waals surface area contributed by atoms with Crippen molar-refractivity contribution in [3.8, 4) is 0 Å². The van der Waals surface area contributed by atoms with Gasteiger partial charge in [0, 0.05) is 26.0 Å². The van der Waals surface area contributed by atoms with E-state index in [9.17, 15) is 4.79 Å². The van der Waals surface area contributed by atoms with Crippen molar-refractivity contribution in [1.29, 1.82) is 0 Å². The van der Waals surface area contributed by atoms with Crippen LogP contribution in [-0.2, 0) is 13.0 Å². The fourth-order valence-corrected chi connectivity index (χ4v) is 2.74. The molecule has 0 aliphatic rings. The normalized spacial score (nSPS) is 10.4. The van der Waals surface area contributed by atoms with Gasteiger partial charge in [-0.1, -0.05) is 30.7 Å². The van der Waals surface area contributed by atoms with Gasteiger partial charge in [0.1, 0.15) is 0 Å². The predicted molar refractivity (Wildman–Crippen MR) is 77.8 cm³/mol. The van der Waals surface area contributed by atoms with Gasteiger partial charge in [0.25, 0.3) is 0 Å². The molecule has 4 nitrogen and oxygen atoms in total. The van der Waals surface area contributed by atoms with Gasteiger partial charge in [-0.25, -0.2) is 4.98 Å². The Morgan fingerprint density at radius 3 is 2.95 bits per heavy atom. The summed E-state index contributed by atoms with van der Waals surface area (Å²) in [6.45, 7) is 2.83. The minimum Gasteiger partial charge on any atom is -0.347 e. The molecular formula is C14H17N3OS. The van der Waals surface area contributed by atoms with E-state index >= 15 is 0 Å². The molecule has 0 N–H and O–H groups in total. The van der Waals surface area contributed by atoms with E-state index in [1.54, 1.807) is 6.20 Å². The van der Waals surface area contributed by atoms with Crippen molar-refractivity contribution >= 4 is 22.8 Å². The molecule has 0 aliphatic heterocycles. The maximum Gasteiger partial charge on any atom is 0.186 e. The smallest absolute Gasteiger partial charge is 0.186 e. The first kappa shape index (κ1) is 13.7. The molecule has 2 aromatic heterocycles. The molecule has 0 saturated carbocycles. The molecule has 0 amide bonds. The molecule has 2 aromatic rings. The summed E-state index contributed by atoms with van der Waals surface area (Å²) in [6, 6.07) is 3.95. The van der Waals surface area contributed by atoms with Crippen LogP contribution in [0.15, 0.2) is 24.5 Å². The maximum absolute atomic E-state index is 11.0. The van der Waals surface area contributed by atoms with Gasteiger partial charge in [-0.15, -0.1) is 0 Å². The molecule has 0 fully saturated rings. The Hall–Kier alpha value is -1.75. The summed E-state index contributed by atoms with van der Waals surface area (Å²) in [5.74, 6) is 0. The molecule has 0 saturated heterocycles. The lowest BCUT2D eigenvalue weighted by Gasteiger charge is -2.15. The van der Waals surface area contributed by atoms with Gasteiger partial charge in [-0.3, -0.25) is 9.78 Å². The number of carbonyl (C=O) groups is 1. The third kappa shape index (κ3) is 3.38. The lowest BCUT2D eigenvalue weighted by atomic mass is 10.2. The molecule has 0 aliphatic carbocycles. The number of pyridine rings is 1. The quantitative estimate of drug-likeness (QED) is 0.760. The Morgan fingerprint density at radius 1 is 1.47 bits per heavy atom. The number of aldehydes is 1. The van der Waals surface area contributed by atoms with Gasteiger partial charge in [0.15, 0.2) is 11.4 Å². The van der Waals surface area contributed by atoms with Crippen LogP contribution in [0.4, 0.5) is 5.13 Å². The van der Waals surface area contributed by atoms with E-state index in [2.05, 4.69) is 16.9 Å². The number of rotatable bonds is 6. The van der Waals surface area contributed by atoms with Gasteiger partial charge < -0.3 is 4.90 Å². The largest absolute Gasteiger partial charge is 0.347 e. The van der Waals surface area contributed by atoms with Crippen molar-refractivity contribution in [2.75, 3.05) is 11.9 Å². The molecule has 2 rings (SSSR count). The van der Waals surface area contributed by atoms with Gasteiger partial charge in [0.05, 0.1) is 10.6 Å². The number of hydrogen-bond acceptors (Lipinski definition) is 5. The zero-order valence-corrected chi connectivity index (χ0v) is 12.0. The summed E-state index contributed by atoms with van der Waals surface area (Å²) in [4.78, 5) is 22.5. The molecule has 0 unspecified atom stereocenters. The topological polar surface area (TPSA) is 46.1 Å². The van der Waals surface area contributed by atoms with E-state index in [1.807, 2.05) is 30.3 Å². The Balaban J connectivity index is 2.15. The monoisotopic (exact) mass is 275 g/mol. The first-order valence-electron chi connectivity index (χ1n) is 6.29. The summed E-state index contributed by atoms with van der Waals surface area (Å²) >= 11 is 1.45. The molecule has 100 valence electrons. The van der Waals surface area contributed by atoms with Gasteiger partial charge >= 0.3 is 0 Å². The molecule has 5 heteroatoms. The predicted octanol–water partition coefficient (Wildman–Crippen LogP) is 2.94. The first-order valence-corrected chi connectivity index (χ1v) is 7.11. The number of aryl methyl sites for hydroxylation is 1. The maximum atomic E-state index is 11.0. The van der Waals surface area contributed by atoms with Gasteiger partial charge in [-0.2, -0.15) is 0 Å². The van der Waals surface area contributed by atoms with E-state index < -0.39 is 0 Å². The SMILES string of the molecule is CCCc1nc(N(C)Cc2cccnc2)sc1C=O. The van der Waals surface area contributed by atoms with E-state index in [4.69, 9.17) is 0 Å². The first-order chi connectivity index (χ1) is 9.24. The van der Waals surface area contributed by atoms with Crippen LogP contribution in [0.25, 0.3) is 0 Å². The van der Waals surface area contributed by atoms with Crippen molar-refractivity contribution in [3.05, 3.63) is 40.7 Å². The van der Waals surface area contributed by atoms with Crippen LogP contribution in [0, 0.1) is 0 Å². The number of anilines is 1. The van der Waals surface area contributed by atoms with Crippen molar-refractivity contribution in [1.82, 2.24) is 9.97 Å². The van der Waals surface area contributed by atoms with Crippen LogP contribution in [0.1, 0.15) is 34.3 Å². The van der Waals surface area contributed by atoms with Crippen molar-refractivity contribution in [2.24, 2.45) is 0 Å². The highest BCUT2D eigenvalue weighted by molar-refractivity contribution is 7.17. The van der Waals surface area contributed by atoms with Crippen LogP contribution < -0.4 is 4.90 Å². The molecule has 2 heterocycles. The highest BCUT2D eigenvalue weighted by Gasteiger charge is 2.13. The van der Waals surface area contributed by atoms with Gasteiger partial charge in [0.2, 0.25) is 0 Å². The third-order valence-electron chi connectivity index (χ3n) is 2.78. The second-order valence-corrected chi connectivity index (χ2v) is 5.40. The Morgan fingerprint density at radius 2 is 2.32 bits per heavy atom. The molecule has 0 aromatic carbocycles. The lowest BCUT2D eigenvalue weighted by molar-refractivity contribution is 0.112. The average molecular weight is 275 g/mol. The number of hydrogen-bond donors (Lipinski definition) is 0. The van der Waals surface area contributed by atoms with E-state index in [-0.39, 0.29) is 0 Å². The van der Waals surface area contributed by atoms with Crippen molar-refractivity contribution in [3.63, 3.8) is 0 Å². The standard InChI is InChI=1S/C14H17N3OS/c1-3-5-12-13(10-18)19-14(16-12)17(2)9-11-6-4-7-15-8-11/h4,6-8,10H,3,5,9H2,1-2H3. The van der Waals surface area contributed by atoms with Crippen LogP contribution in [0.5, 0.6) is 0 Å². The van der Waals surface area contributed by atoms with Crippen LogP contribution in [0.3, 0.4) is 0 Å². The molecule has 19 heavy (non-hydrogen) atoms. The van der Waals surface area contributed by atoms with Crippen LogP contribution in [0.2, 0.25) is 0 Å². The zero-order valence-electron chi connectivity index (χ0n) is 11.2. The van der Waals surface area contributed by atoms with Crippen LogP contribution in [-0.4, -0.2) is 23.3 Å². The van der Waals surface area contributed by atoms with E-state index in [0.717, 1.165) is 46.9 Å². The van der Waals surface area contributed by atoms with E-state index in [1.165, 1.54) is 11.3 Å². The van der Waals surface area contributed by atoms with E-state index in [0.29, 0.717) is 0 Å². The third-order valence-corrected chi connectivity index (χ3v) is 3.92. The summed E-state index contributed by atoms with van der Waals surface area (Å²) in [5.41, 5.74) is 2.04. The molecule has 0 atom stereocenters. The highest BCUT2D eigenvalue weighted by Crippen LogP contribution is 2.26. The molecule has 0 spiro atoms. The number of thiazole rings is 1. The Labute approximate surface area is 117 Å².